The van der Waals surface area contributed by atoms with E-state index in [0.29, 0.717) is 15.7 Å². The first-order chi connectivity index (χ1) is 12.2. The van der Waals surface area contributed by atoms with Crippen LogP contribution in [0, 0.1) is 11.3 Å². The summed E-state index contributed by atoms with van der Waals surface area (Å²) < 4.78 is 4.06. The molecule has 0 fully saturated rings. The maximum Gasteiger partial charge on any atom is 0.161 e. The number of hydrogen-bond donors (Lipinski definition) is 1. The Morgan fingerprint density at radius 3 is 2.36 bits per heavy atom. The molecule has 2 aromatic rings. The smallest absolute Gasteiger partial charge is 0.161 e. The number of rotatable bonds is 11. The average molecular weight is 396 g/mol. The lowest BCUT2D eigenvalue weighted by atomic mass is 10.1. The van der Waals surface area contributed by atoms with Gasteiger partial charge in [0.25, 0.3) is 0 Å². The minimum absolute atomic E-state index is 0.438. The Bertz CT molecular complexity index is 694. The van der Waals surface area contributed by atoms with Gasteiger partial charge < -0.3 is 5.32 Å². The number of halogens is 2. The molecule has 1 N–H and O–H groups in total. The summed E-state index contributed by atoms with van der Waals surface area (Å²) in [5.41, 5.74) is 1.65. The first-order valence-corrected chi connectivity index (χ1v) is 10.3. The molecule has 0 saturated carbocycles. The molecule has 0 radical (unpaired) electrons. The number of nitrogens with zero attached hydrogens (tertiary/aromatic N) is 2. The van der Waals surface area contributed by atoms with Gasteiger partial charge in [0.05, 0.1) is 16.3 Å². The second kappa shape index (κ2) is 11.4. The quantitative estimate of drug-likeness (QED) is 0.430. The summed E-state index contributed by atoms with van der Waals surface area (Å²) in [6.45, 7) is 0.920. The zero-order chi connectivity index (χ0) is 17.9. The van der Waals surface area contributed by atoms with Crippen LogP contribution in [-0.4, -0.2) is 10.9 Å². The normalized spacial score (nSPS) is 10.6. The molecule has 0 spiro atoms. The van der Waals surface area contributed by atoms with Crippen molar-refractivity contribution in [2.75, 3.05) is 11.9 Å². The molecule has 2 rings (SSSR count). The van der Waals surface area contributed by atoms with E-state index in [1.54, 1.807) is 0 Å². The van der Waals surface area contributed by atoms with Crippen molar-refractivity contribution < 1.29 is 0 Å². The Hall–Kier alpha value is -1.28. The van der Waals surface area contributed by atoms with Crippen molar-refractivity contribution in [1.29, 1.82) is 5.26 Å². The van der Waals surface area contributed by atoms with Gasteiger partial charge in [-0.25, -0.2) is 0 Å². The zero-order valence-corrected chi connectivity index (χ0v) is 16.6. The molecule has 6 heteroatoms. The Labute approximate surface area is 164 Å². The minimum Gasteiger partial charge on any atom is -0.384 e. The highest BCUT2D eigenvalue weighted by Gasteiger charge is 2.08. The maximum absolute atomic E-state index is 9.04. The third-order valence-corrected chi connectivity index (χ3v) is 6.00. The first-order valence-electron chi connectivity index (χ1n) is 8.75. The Kier molecular flexibility index (Phi) is 9.10. The van der Waals surface area contributed by atoms with E-state index in [4.69, 9.17) is 28.5 Å². The summed E-state index contributed by atoms with van der Waals surface area (Å²) in [4.78, 5) is 1.11. The summed E-state index contributed by atoms with van der Waals surface area (Å²) in [6.07, 6.45) is 9.48. The van der Waals surface area contributed by atoms with Gasteiger partial charge in [-0.2, -0.15) is 9.64 Å². The maximum atomic E-state index is 9.04. The van der Waals surface area contributed by atoms with Gasteiger partial charge in [-0.3, -0.25) is 0 Å². The Morgan fingerprint density at radius 1 is 1.00 bits per heavy atom. The number of nitriles is 1. The predicted molar refractivity (Wildman–Crippen MR) is 108 cm³/mol. The van der Waals surface area contributed by atoms with E-state index < -0.39 is 0 Å². The van der Waals surface area contributed by atoms with Crippen molar-refractivity contribution in [1.82, 2.24) is 4.37 Å². The molecule has 25 heavy (non-hydrogen) atoms. The highest BCUT2D eigenvalue weighted by atomic mass is 35.5. The van der Waals surface area contributed by atoms with Gasteiger partial charge in [0.2, 0.25) is 0 Å². The summed E-state index contributed by atoms with van der Waals surface area (Å²) in [5, 5.41) is 13.5. The molecule has 0 atom stereocenters. The lowest BCUT2D eigenvalue weighted by Gasteiger charge is -2.07. The van der Waals surface area contributed by atoms with Crippen LogP contribution in [-0.2, 0) is 6.42 Å². The number of anilines is 1. The summed E-state index contributed by atoms with van der Waals surface area (Å²) in [5.74, 6) is 0. The van der Waals surface area contributed by atoms with Crippen LogP contribution in [0.25, 0.3) is 0 Å². The molecule has 0 saturated heterocycles. The number of nitrogens with one attached hydrogen (secondary N) is 1. The van der Waals surface area contributed by atoms with Crippen molar-refractivity contribution in [3.8, 4) is 6.07 Å². The molecule has 0 aliphatic rings. The fraction of sp³-hybridized carbons (Fsp3) is 0.474. The van der Waals surface area contributed by atoms with Crippen LogP contribution in [0.1, 0.15) is 55.4 Å². The van der Waals surface area contributed by atoms with Crippen molar-refractivity contribution in [2.24, 2.45) is 0 Å². The van der Waals surface area contributed by atoms with Crippen LogP contribution < -0.4 is 5.32 Å². The molecule has 0 aliphatic carbocycles. The number of aryl methyl sites for hydroxylation is 1. The summed E-state index contributed by atoms with van der Waals surface area (Å²) in [7, 11) is 0. The SMILES string of the molecule is N#Cc1ccccc1NCCCCCCCCCc1snc(Cl)c1Cl. The van der Waals surface area contributed by atoms with E-state index in [9.17, 15) is 0 Å². The van der Waals surface area contributed by atoms with Gasteiger partial charge in [0.15, 0.2) is 5.15 Å². The van der Waals surface area contributed by atoms with Gasteiger partial charge in [0, 0.05) is 11.4 Å². The number of para-hydroxylation sites is 1. The third kappa shape index (κ3) is 6.86. The lowest BCUT2D eigenvalue weighted by molar-refractivity contribution is 0.586. The van der Waals surface area contributed by atoms with Crippen LogP contribution in [0.5, 0.6) is 0 Å². The number of hydrogen-bond acceptors (Lipinski definition) is 4. The van der Waals surface area contributed by atoms with Crippen LogP contribution in [0.4, 0.5) is 5.69 Å². The molecule has 1 aromatic carbocycles. The second-order valence-corrected chi connectivity index (χ2v) is 7.61. The lowest BCUT2D eigenvalue weighted by Crippen LogP contribution is -2.02. The number of benzene rings is 1. The van der Waals surface area contributed by atoms with E-state index in [-0.39, 0.29) is 0 Å². The monoisotopic (exact) mass is 395 g/mol. The minimum atomic E-state index is 0.438. The van der Waals surface area contributed by atoms with Crippen molar-refractivity contribution in [2.45, 2.75) is 51.4 Å². The van der Waals surface area contributed by atoms with E-state index >= 15 is 0 Å². The Balaban J connectivity index is 1.46. The zero-order valence-electron chi connectivity index (χ0n) is 14.2. The standard InChI is InChI=1S/C19H23Cl2N3S/c20-18-17(25-24-19(18)21)12-6-4-2-1-3-5-9-13-23-16-11-8-7-10-15(16)14-22/h7-8,10-11,23H,1-6,9,12-13H2. The first kappa shape index (κ1) is 20.0. The van der Waals surface area contributed by atoms with E-state index in [1.807, 2.05) is 24.3 Å². The van der Waals surface area contributed by atoms with Crippen LogP contribution >= 0.6 is 34.7 Å². The molecular formula is C19H23Cl2N3S. The fourth-order valence-electron chi connectivity index (χ4n) is 2.70. The largest absolute Gasteiger partial charge is 0.384 e. The Morgan fingerprint density at radius 2 is 1.68 bits per heavy atom. The average Bonchev–Trinajstić information content (AvgIpc) is 2.95. The molecule has 1 heterocycles. The molecule has 0 bridgehead atoms. The molecule has 0 amide bonds. The van der Waals surface area contributed by atoms with E-state index in [0.717, 1.165) is 36.4 Å². The fourth-order valence-corrected chi connectivity index (χ4v) is 3.96. The number of aromatic nitrogens is 1. The summed E-state index contributed by atoms with van der Waals surface area (Å²) >= 11 is 13.3. The molecule has 1 aromatic heterocycles. The van der Waals surface area contributed by atoms with Crippen LogP contribution in [0.15, 0.2) is 24.3 Å². The topological polar surface area (TPSA) is 48.7 Å². The highest BCUT2D eigenvalue weighted by molar-refractivity contribution is 7.06. The number of unbranched alkanes of at least 4 members (excludes halogenated alkanes) is 6. The third-order valence-electron chi connectivity index (χ3n) is 4.11. The molecule has 0 aliphatic heterocycles. The van der Waals surface area contributed by atoms with Crippen LogP contribution in [0.3, 0.4) is 0 Å². The van der Waals surface area contributed by atoms with E-state index in [1.165, 1.54) is 43.6 Å². The van der Waals surface area contributed by atoms with Crippen molar-refractivity contribution in [3.05, 3.63) is 44.9 Å². The molecule has 134 valence electrons. The van der Waals surface area contributed by atoms with E-state index in [2.05, 4.69) is 15.8 Å². The molecule has 3 nitrogen and oxygen atoms in total. The van der Waals surface area contributed by atoms with Gasteiger partial charge in [-0.15, -0.1) is 0 Å². The molecule has 0 unspecified atom stereocenters. The van der Waals surface area contributed by atoms with Gasteiger partial charge in [0.1, 0.15) is 6.07 Å². The van der Waals surface area contributed by atoms with Gasteiger partial charge in [-0.05, 0) is 42.9 Å². The van der Waals surface area contributed by atoms with Crippen LogP contribution in [0.2, 0.25) is 10.2 Å². The van der Waals surface area contributed by atoms with Crippen molar-refractivity contribution >= 4 is 40.4 Å². The second-order valence-electron chi connectivity index (χ2n) is 6.02. The van der Waals surface area contributed by atoms with Gasteiger partial charge >= 0.3 is 0 Å². The summed E-state index contributed by atoms with van der Waals surface area (Å²) in [6, 6.07) is 9.86. The van der Waals surface area contributed by atoms with Gasteiger partial charge in [-0.1, -0.05) is 67.4 Å². The highest BCUT2D eigenvalue weighted by Crippen LogP contribution is 2.29. The predicted octanol–water partition coefficient (Wildman–Crippen LogP) is 6.71. The van der Waals surface area contributed by atoms with Crippen molar-refractivity contribution in [3.63, 3.8) is 0 Å². The molecular weight excluding hydrogens is 373 g/mol.